The lowest BCUT2D eigenvalue weighted by Crippen LogP contribution is -2.53. The Morgan fingerprint density at radius 1 is 1.18 bits per heavy atom. The third-order valence-corrected chi connectivity index (χ3v) is 7.04. The number of allylic oxidation sites excluding steroid dienone is 3. The molecule has 6 atom stereocenters. The van der Waals surface area contributed by atoms with Gasteiger partial charge >= 0.3 is 5.97 Å². The van der Waals surface area contributed by atoms with Crippen LogP contribution in [0.25, 0.3) is 0 Å². The molecular formula is C27H42O7. The van der Waals surface area contributed by atoms with E-state index < -0.39 is 53.4 Å². The topological polar surface area (TPSA) is 113 Å². The van der Waals surface area contributed by atoms with Crippen LogP contribution in [0, 0.1) is 11.3 Å². The molecule has 2 heterocycles. The minimum Gasteiger partial charge on any atom is -0.462 e. The number of rotatable bonds is 3. The van der Waals surface area contributed by atoms with E-state index in [0.29, 0.717) is 24.8 Å². The third kappa shape index (κ3) is 7.11. The minimum atomic E-state index is -1.89. The summed E-state index contributed by atoms with van der Waals surface area (Å²) in [7, 11) is 0. The molecule has 34 heavy (non-hydrogen) atoms. The van der Waals surface area contributed by atoms with E-state index in [-0.39, 0.29) is 18.6 Å². The van der Waals surface area contributed by atoms with Crippen LogP contribution in [0.5, 0.6) is 0 Å². The maximum absolute atomic E-state index is 13.2. The normalized spacial score (nSPS) is 38.0. The second kappa shape index (κ2) is 11.3. The fraction of sp³-hybridized carbons (Fsp3) is 0.704. The molecule has 0 aromatic carbocycles. The summed E-state index contributed by atoms with van der Waals surface area (Å²) in [4.78, 5) is 26.0. The maximum atomic E-state index is 13.2. The summed E-state index contributed by atoms with van der Waals surface area (Å²) in [5.74, 6) is -3.17. The van der Waals surface area contributed by atoms with Crippen molar-refractivity contribution < 1.29 is 34.4 Å². The van der Waals surface area contributed by atoms with Crippen LogP contribution in [0.2, 0.25) is 0 Å². The Bertz CT molecular complexity index is 827. The van der Waals surface area contributed by atoms with Crippen LogP contribution in [0.3, 0.4) is 0 Å². The fourth-order valence-corrected chi connectivity index (χ4v) is 4.83. The number of aliphatic hydroxyl groups excluding tert-OH is 2. The van der Waals surface area contributed by atoms with Gasteiger partial charge in [-0.15, -0.1) is 0 Å². The summed E-state index contributed by atoms with van der Waals surface area (Å²) >= 11 is 0. The Morgan fingerprint density at radius 3 is 2.50 bits per heavy atom. The van der Waals surface area contributed by atoms with Gasteiger partial charge in [-0.25, -0.2) is 0 Å². The van der Waals surface area contributed by atoms with Crippen molar-refractivity contribution in [3.63, 3.8) is 0 Å². The van der Waals surface area contributed by atoms with E-state index in [1.165, 1.54) is 0 Å². The van der Waals surface area contributed by atoms with Gasteiger partial charge in [-0.3, -0.25) is 9.59 Å². The van der Waals surface area contributed by atoms with E-state index in [1.54, 1.807) is 52.8 Å². The molecule has 6 unspecified atom stereocenters. The Balaban J connectivity index is 2.45. The minimum absolute atomic E-state index is 0.109. The number of aliphatic hydroxyl groups is 3. The van der Waals surface area contributed by atoms with E-state index in [2.05, 4.69) is 0 Å². The molecule has 1 saturated heterocycles. The van der Waals surface area contributed by atoms with Gasteiger partial charge in [0.2, 0.25) is 0 Å². The average molecular weight is 479 g/mol. The first-order valence-corrected chi connectivity index (χ1v) is 12.2. The predicted molar refractivity (Wildman–Crippen MR) is 130 cm³/mol. The first kappa shape index (κ1) is 28.4. The van der Waals surface area contributed by atoms with Crippen LogP contribution in [-0.4, -0.2) is 56.8 Å². The highest BCUT2D eigenvalue weighted by molar-refractivity contribution is 5.88. The largest absolute Gasteiger partial charge is 0.462 e. The van der Waals surface area contributed by atoms with Crippen molar-refractivity contribution in [3.8, 4) is 0 Å². The lowest BCUT2D eigenvalue weighted by atomic mass is 9.75. The monoisotopic (exact) mass is 478 g/mol. The molecule has 0 spiro atoms. The number of ether oxygens (including phenoxy) is 2. The highest BCUT2D eigenvalue weighted by atomic mass is 16.6. The Kier molecular flexibility index (Phi) is 9.44. The first-order valence-electron chi connectivity index (χ1n) is 12.2. The summed E-state index contributed by atoms with van der Waals surface area (Å²) in [6, 6.07) is 0. The summed E-state index contributed by atoms with van der Waals surface area (Å²) in [6.07, 6.45) is 7.92. The van der Waals surface area contributed by atoms with Gasteiger partial charge in [0.1, 0.15) is 11.9 Å². The molecule has 2 aliphatic heterocycles. The van der Waals surface area contributed by atoms with E-state index >= 15 is 0 Å². The molecule has 0 saturated carbocycles. The number of esters is 1. The van der Waals surface area contributed by atoms with Crippen LogP contribution in [0.4, 0.5) is 0 Å². The third-order valence-electron chi connectivity index (χ3n) is 7.04. The summed E-state index contributed by atoms with van der Waals surface area (Å²) in [5.41, 5.74) is -1.46. The van der Waals surface area contributed by atoms with E-state index in [1.807, 2.05) is 19.1 Å². The standard InChI is InChI=1S/C27H42O7/c1-7-8-9-11-21-12-10-13-22(29)25(4,5)24(31)18(2)14-19(3)26(6)15-20(28)16-27(32,34-26)17-23(30)33-21/h7-8,10,13-14,18,20-22,28-29,32H,9,11-12,15-17H2,1-6H3. The predicted octanol–water partition coefficient (Wildman–Crippen LogP) is 3.76. The molecule has 192 valence electrons. The smallest absolute Gasteiger partial charge is 0.311 e. The zero-order valence-electron chi connectivity index (χ0n) is 21.4. The Labute approximate surface area is 203 Å². The quantitative estimate of drug-likeness (QED) is 0.418. The molecular weight excluding hydrogens is 436 g/mol. The number of ketones is 1. The molecule has 7 nitrogen and oxygen atoms in total. The van der Waals surface area contributed by atoms with Crippen LogP contribution in [0.15, 0.2) is 36.0 Å². The lowest BCUT2D eigenvalue weighted by molar-refractivity contribution is -0.295. The zero-order valence-corrected chi connectivity index (χ0v) is 21.4. The molecule has 0 radical (unpaired) electrons. The van der Waals surface area contributed by atoms with Crippen molar-refractivity contribution in [2.75, 3.05) is 0 Å². The van der Waals surface area contributed by atoms with Gasteiger partial charge in [-0.1, -0.05) is 51.2 Å². The molecule has 2 bridgehead atoms. The molecule has 0 aliphatic carbocycles. The highest BCUT2D eigenvalue weighted by Gasteiger charge is 2.48. The van der Waals surface area contributed by atoms with Crippen molar-refractivity contribution in [1.29, 1.82) is 0 Å². The van der Waals surface area contributed by atoms with Gasteiger partial charge in [-0.2, -0.15) is 0 Å². The second-order valence-corrected chi connectivity index (χ2v) is 10.6. The molecule has 0 amide bonds. The van der Waals surface area contributed by atoms with E-state index in [9.17, 15) is 24.9 Å². The van der Waals surface area contributed by atoms with Crippen LogP contribution in [0.1, 0.15) is 80.1 Å². The van der Waals surface area contributed by atoms with Crippen molar-refractivity contribution in [2.45, 2.75) is 110 Å². The number of fused-ring (bicyclic) bond motifs is 2. The highest BCUT2D eigenvalue weighted by Crippen LogP contribution is 2.41. The molecule has 3 N–H and O–H groups in total. The Hall–Kier alpha value is -1.80. The van der Waals surface area contributed by atoms with Gasteiger partial charge in [0.25, 0.3) is 0 Å². The van der Waals surface area contributed by atoms with Crippen molar-refractivity contribution in [1.82, 2.24) is 0 Å². The molecule has 0 aromatic rings. The van der Waals surface area contributed by atoms with Crippen molar-refractivity contribution in [2.24, 2.45) is 11.3 Å². The number of carbonyl (C=O) groups is 2. The van der Waals surface area contributed by atoms with E-state index in [4.69, 9.17) is 9.47 Å². The number of hydrogen-bond donors (Lipinski definition) is 3. The zero-order chi connectivity index (χ0) is 25.7. The molecule has 1 fully saturated rings. The van der Waals surface area contributed by atoms with Gasteiger partial charge in [0.05, 0.1) is 29.6 Å². The van der Waals surface area contributed by atoms with Crippen LogP contribution < -0.4 is 0 Å². The molecule has 2 aliphatic rings. The first-order chi connectivity index (χ1) is 15.7. The lowest BCUT2D eigenvalue weighted by Gasteiger charge is -2.46. The Morgan fingerprint density at radius 2 is 1.85 bits per heavy atom. The second-order valence-electron chi connectivity index (χ2n) is 10.6. The SMILES string of the molecule is CC=CCCC1CC=CC(O)C(C)(C)C(=O)C(C)C=C(C)C2(C)CC(O)CC(O)(CC(=O)O1)O2. The fourth-order valence-electron chi connectivity index (χ4n) is 4.83. The van der Waals surface area contributed by atoms with Gasteiger partial charge in [0.15, 0.2) is 5.79 Å². The van der Waals surface area contributed by atoms with E-state index in [0.717, 1.165) is 0 Å². The maximum Gasteiger partial charge on any atom is 0.311 e. The van der Waals surface area contributed by atoms with Crippen molar-refractivity contribution in [3.05, 3.63) is 36.0 Å². The van der Waals surface area contributed by atoms with Gasteiger partial charge in [-0.05, 0) is 39.2 Å². The van der Waals surface area contributed by atoms with Gasteiger partial charge < -0.3 is 24.8 Å². The molecule has 7 heteroatoms. The number of hydrogen-bond acceptors (Lipinski definition) is 7. The number of cyclic esters (lactones) is 1. The van der Waals surface area contributed by atoms with Crippen molar-refractivity contribution >= 4 is 11.8 Å². The van der Waals surface area contributed by atoms with Crippen LogP contribution >= 0.6 is 0 Å². The summed E-state index contributed by atoms with van der Waals surface area (Å²) in [6.45, 7) is 10.6. The number of Topliss-reactive ketones (excluding diaryl/α,β-unsaturated/α-hetero) is 1. The summed E-state index contributed by atoms with van der Waals surface area (Å²) < 4.78 is 11.7. The van der Waals surface area contributed by atoms with Crippen LogP contribution in [-0.2, 0) is 19.1 Å². The molecule has 0 aromatic heterocycles. The number of carbonyl (C=O) groups excluding carboxylic acids is 2. The average Bonchev–Trinajstić information content (AvgIpc) is 2.70. The van der Waals surface area contributed by atoms with Gasteiger partial charge in [0, 0.05) is 25.2 Å². The summed E-state index contributed by atoms with van der Waals surface area (Å²) in [5, 5.41) is 32.4. The molecule has 2 rings (SSSR count).